The third-order valence-corrected chi connectivity index (χ3v) is 3.63. The number of rotatable bonds is 3. The lowest BCUT2D eigenvalue weighted by Crippen LogP contribution is -1.94. The zero-order chi connectivity index (χ0) is 13.2. The van der Waals surface area contributed by atoms with Gasteiger partial charge in [-0.2, -0.15) is 0 Å². The number of hydrogen-bond acceptors (Lipinski definition) is 3. The first-order valence-electron chi connectivity index (χ1n) is 5.67. The SMILES string of the molecule is O=C(O)c1cc(-c2csc(-c3ccccc3)n2)c[nH]1. The second-order valence-electron chi connectivity index (χ2n) is 4.01. The van der Waals surface area contributed by atoms with Crippen LogP contribution in [0, 0.1) is 0 Å². The van der Waals surface area contributed by atoms with Crippen LogP contribution in [0.1, 0.15) is 10.5 Å². The minimum absolute atomic E-state index is 0.171. The Morgan fingerprint density at radius 1 is 1.21 bits per heavy atom. The standard InChI is InChI=1S/C14H10N2O2S/c17-14(18)11-6-10(7-15-11)12-8-19-13(16-12)9-4-2-1-3-5-9/h1-8,15H,(H,17,18). The van der Waals surface area contributed by atoms with E-state index < -0.39 is 5.97 Å². The van der Waals surface area contributed by atoms with E-state index in [1.807, 2.05) is 35.7 Å². The van der Waals surface area contributed by atoms with Crippen molar-refractivity contribution in [1.82, 2.24) is 9.97 Å². The number of nitrogens with one attached hydrogen (secondary N) is 1. The number of benzene rings is 1. The fourth-order valence-electron chi connectivity index (χ4n) is 1.79. The first kappa shape index (κ1) is 11.7. The number of carboxylic acids is 1. The van der Waals surface area contributed by atoms with Crippen molar-refractivity contribution in [2.45, 2.75) is 0 Å². The maximum atomic E-state index is 10.8. The lowest BCUT2D eigenvalue weighted by atomic mass is 10.2. The number of aromatic nitrogens is 2. The van der Waals surface area contributed by atoms with E-state index in [-0.39, 0.29) is 5.69 Å². The Kier molecular flexibility index (Phi) is 2.89. The van der Waals surface area contributed by atoms with E-state index in [2.05, 4.69) is 9.97 Å². The van der Waals surface area contributed by atoms with Crippen molar-refractivity contribution in [3.8, 4) is 21.8 Å². The van der Waals surface area contributed by atoms with Gasteiger partial charge in [0.2, 0.25) is 0 Å². The molecule has 0 spiro atoms. The van der Waals surface area contributed by atoms with Crippen molar-refractivity contribution in [2.24, 2.45) is 0 Å². The second-order valence-corrected chi connectivity index (χ2v) is 4.87. The largest absolute Gasteiger partial charge is 0.477 e. The van der Waals surface area contributed by atoms with E-state index in [1.165, 1.54) is 0 Å². The van der Waals surface area contributed by atoms with E-state index >= 15 is 0 Å². The summed E-state index contributed by atoms with van der Waals surface area (Å²) in [5, 5.41) is 11.7. The molecule has 4 nitrogen and oxygen atoms in total. The second kappa shape index (κ2) is 4.70. The van der Waals surface area contributed by atoms with Gasteiger partial charge >= 0.3 is 5.97 Å². The lowest BCUT2D eigenvalue weighted by molar-refractivity contribution is 0.0691. The van der Waals surface area contributed by atoms with E-state index in [9.17, 15) is 4.79 Å². The number of aromatic carboxylic acids is 1. The molecule has 2 N–H and O–H groups in total. The van der Waals surface area contributed by atoms with Gasteiger partial charge in [-0.15, -0.1) is 11.3 Å². The van der Waals surface area contributed by atoms with Gasteiger partial charge in [-0.3, -0.25) is 0 Å². The van der Waals surface area contributed by atoms with Gasteiger partial charge in [-0.1, -0.05) is 30.3 Å². The molecule has 0 saturated carbocycles. The summed E-state index contributed by atoms with van der Waals surface area (Å²) in [5.41, 5.74) is 2.81. The fourth-order valence-corrected chi connectivity index (χ4v) is 2.62. The molecule has 2 heterocycles. The quantitative estimate of drug-likeness (QED) is 0.765. The minimum atomic E-state index is -0.968. The molecular weight excluding hydrogens is 260 g/mol. The highest BCUT2D eigenvalue weighted by Gasteiger charge is 2.10. The molecule has 0 aliphatic heterocycles. The van der Waals surface area contributed by atoms with E-state index in [1.54, 1.807) is 23.6 Å². The molecule has 3 rings (SSSR count). The zero-order valence-electron chi connectivity index (χ0n) is 9.83. The van der Waals surface area contributed by atoms with Crippen LogP contribution in [0.15, 0.2) is 48.0 Å². The topological polar surface area (TPSA) is 66.0 Å². The summed E-state index contributed by atoms with van der Waals surface area (Å²) in [6.45, 7) is 0. The highest BCUT2D eigenvalue weighted by atomic mass is 32.1. The number of hydrogen-bond donors (Lipinski definition) is 2. The van der Waals surface area contributed by atoms with Crippen LogP contribution >= 0.6 is 11.3 Å². The maximum Gasteiger partial charge on any atom is 0.352 e. The van der Waals surface area contributed by atoms with Gasteiger partial charge in [0.15, 0.2) is 0 Å². The van der Waals surface area contributed by atoms with Crippen LogP contribution in [0.3, 0.4) is 0 Å². The van der Waals surface area contributed by atoms with Gasteiger partial charge in [0, 0.05) is 22.7 Å². The van der Waals surface area contributed by atoms with Crippen LogP contribution in [0.5, 0.6) is 0 Å². The van der Waals surface area contributed by atoms with Crippen LogP contribution in [-0.2, 0) is 0 Å². The Labute approximate surface area is 113 Å². The molecule has 0 bridgehead atoms. The summed E-state index contributed by atoms with van der Waals surface area (Å²) in [6.07, 6.45) is 1.66. The highest BCUT2D eigenvalue weighted by molar-refractivity contribution is 7.13. The van der Waals surface area contributed by atoms with Crippen LogP contribution < -0.4 is 0 Å². The molecule has 94 valence electrons. The molecule has 3 aromatic rings. The molecule has 0 aliphatic rings. The number of thiazole rings is 1. The molecular formula is C14H10N2O2S. The molecule has 19 heavy (non-hydrogen) atoms. The molecule has 5 heteroatoms. The van der Waals surface area contributed by atoms with Gasteiger partial charge in [-0.05, 0) is 6.07 Å². The molecule has 0 atom stereocenters. The van der Waals surface area contributed by atoms with Gasteiger partial charge in [0.25, 0.3) is 0 Å². The number of carboxylic acid groups (broad SMARTS) is 1. The summed E-state index contributed by atoms with van der Waals surface area (Å²) >= 11 is 1.54. The Bertz CT molecular complexity index is 716. The molecule has 0 amide bonds. The van der Waals surface area contributed by atoms with Crippen LogP contribution in [0.2, 0.25) is 0 Å². The van der Waals surface area contributed by atoms with Crippen molar-refractivity contribution in [3.05, 3.63) is 53.7 Å². The summed E-state index contributed by atoms with van der Waals surface area (Å²) in [4.78, 5) is 18.1. The average molecular weight is 270 g/mol. The molecule has 1 aromatic carbocycles. The van der Waals surface area contributed by atoms with E-state index in [0.29, 0.717) is 0 Å². The van der Waals surface area contributed by atoms with Crippen molar-refractivity contribution < 1.29 is 9.90 Å². The number of aromatic amines is 1. The van der Waals surface area contributed by atoms with E-state index in [0.717, 1.165) is 21.8 Å². The van der Waals surface area contributed by atoms with Crippen LogP contribution in [-0.4, -0.2) is 21.0 Å². The Morgan fingerprint density at radius 2 is 2.00 bits per heavy atom. The average Bonchev–Trinajstić information content (AvgIpc) is 3.09. The number of H-pyrrole nitrogens is 1. The minimum Gasteiger partial charge on any atom is -0.477 e. The van der Waals surface area contributed by atoms with Gasteiger partial charge in [0.1, 0.15) is 10.7 Å². The van der Waals surface area contributed by atoms with Crippen molar-refractivity contribution in [3.63, 3.8) is 0 Å². The van der Waals surface area contributed by atoms with Crippen LogP contribution in [0.25, 0.3) is 21.8 Å². The Balaban J connectivity index is 1.94. The Morgan fingerprint density at radius 3 is 2.68 bits per heavy atom. The predicted octanol–water partition coefficient (Wildman–Crippen LogP) is 3.50. The molecule has 0 unspecified atom stereocenters. The molecule has 0 saturated heterocycles. The summed E-state index contributed by atoms with van der Waals surface area (Å²) < 4.78 is 0. The Hall–Kier alpha value is -2.40. The fraction of sp³-hybridized carbons (Fsp3) is 0. The summed E-state index contributed by atoms with van der Waals surface area (Å²) in [6, 6.07) is 11.5. The number of carbonyl (C=O) groups is 1. The van der Waals surface area contributed by atoms with Crippen molar-refractivity contribution in [2.75, 3.05) is 0 Å². The normalized spacial score (nSPS) is 10.5. The van der Waals surface area contributed by atoms with E-state index in [4.69, 9.17) is 5.11 Å². The van der Waals surface area contributed by atoms with Crippen LogP contribution in [0.4, 0.5) is 0 Å². The van der Waals surface area contributed by atoms with Crippen molar-refractivity contribution >= 4 is 17.3 Å². The third kappa shape index (κ3) is 2.28. The number of nitrogens with zero attached hydrogens (tertiary/aromatic N) is 1. The summed E-state index contributed by atoms with van der Waals surface area (Å²) in [5.74, 6) is -0.968. The predicted molar refractivity (Wildman–Crippen MR) is 74.3 cm³/mol. The third-order valence-electron chi connectivity index (χ3n) is 2.73. The smallest absolute Gasteiger partial charge is 0.352 e. The first-order chi connectivity index (χ1) is 9.24. The molecule has 0 aliphatic carbocycles. The van der Waals surface area contributed by atoms with Gasteiger partial charge in [0.05, 0.1) is 5.69 Å². The zero-order valence-corrected chi connectivity index (χ0v) is 10.6. The molecule has 2 aromatic heterocycles. The van der Waals surface area contributed by atoms with Gasteiger partial charge in [-0.25, -0.2) is 9.78 Å². The van der Waals surface area contributed by atoms with Gasteiger partial charge < -0.3 is 10.1 Å². The first-order valence-corrected chi connectivity index (χ1v) is 6.55. The monoisotopic (exact) mass is 270 g/mol. The molecule has 0 fully saturated rings. The highest BCUT2D eigenvalue weighted by Crippen LogP contribution is 2.28. The lowest BCUT2D eigenvalue weighted by Gasteiger charge is -1.93. The molecule has 0 radical (unpaired) electrons. The summed E-state index contributed by atoms with van der Waals surface area (Å²) in [7, 11) is 0. The van der Waals surface area contributed by atoms with Crippen molar-refractivity contribution in [1.29, 1.82) is 0 Å². The maximum absolute atomic E-state index is 10.8.